The van der Waals surface area contributed by atoms with E-state index in [2.05, 4.69) is 24.3 Å². The molecule has 0 saturated heterocycles. The van der Waals surface area contributed by atoms with Crippen LogP contribution < -0.4 is 5.32 Å². The standard InChI is InChI=1S/C15H15ClN4O/c1-9(2)11-4-5-14(13(16)6-11)20-15(19-10(3)21)12(7-17)8-18-20/h4-6,8-9H,1-3H3,(H,19,21). The summed E-state index contributed by atoms with van der Waals surface area (Å²) < 4.78 is 1.46. The number of benzene rings is 1. The van der Waals surface area contributed by atoms with E-state index in [1.807, 2.05) is 24.3 Å². The number of amides is 1. The molecular weight excluding hydrogens is 288 g/mol. The van der Waals surface area contributed by atoms with Crippen molar-refractivity contribution in [1.82, 2.24) is 9.78 Å². The third kappa shape index (κ3) is 3.06. The average Bonchev–Trinajstić information content (AvgIpc) is 2.80. The number of hydrogen-bond acceptors (Lipinski definition) is 3. The van der Waals surface area contributed by atoms with Crippen LogP contribution in [0, 0.1) is 11.3 Å². The SMILES string of the molecule is CC(=O)Nc1c(C#N)cnn1-c1ccc(C(C)C)cc1Cl. The molecule has 1 heterocycles. The van der Waals surface area contributed by atoms with Gasteiger partial charge in [-0.2, -0.15) is 10.4 Å². The fraction of sp³-hybridized carbons (Fsp3) is 0.267. The largest absolute Gasteiger partial charge is 0.310 e. The molecule has 0 unspecified atom stereocenters. The number of anilines is 1. The Morgan fingerprint density at radius 1 is 1.48 bits per heavy atom. The molecule has 0 spiro atoms. The number of carbonyl (C=O) groups is 1. The number of hydrogen-bond donors (Lipinski definition) is 1. The van der Waals surface area contributed by atoms with Gasteiger partial charge >= 0.3 is 0 Å². The first-order chi connectivity index (χ1) is 9.93. The van der Waals surface area contributed by atoms with Crippen LogP contribution in [-0.4, -0.2) is 15.7 Å². The molecule has 108 valence electrons. The van der Waals surface area contributed by atoms with Crippen molar-refractivity contribution < 1.29 is 4.79 Å². The number of nitrogens with one attached hydrogen (secondary N) is 1. The van der Waals surface area contributed by atoms with E-state index in [0.717, 1.165) is 5.56 Å². The van der Waals surface area contributed by atoms with Gasteiger partial charge in [0.05, 0.1) is 16.9 Å². The average molecular weight is 303 g/mol. The summed E-state index contributed by atoms with van der Waals surface area (Å²) in [5.41, 5.74) is 2.01. The van der Waals surface area contributed by atoms with Crippen LogP contribution in [0.25, 0.3) is 5.69 Å². The van der Waals surface area contributed by atoms with Crippen LogP contribution in [0.4, 0.5) is 5.82 Å². The van der Waals surface area contributed by atoms with E-state index in [0.29, 0.717) is 22.4 Å². The molecule has 0 aliphatic carbocycles. The highest BCUT2D eigenvalue weighted by Gasteiger charge is 2.16. The zero-order valence-corrected chi connectivity index (χ0v) is 12.8. The van der Waals surface area contributed by atoms with Gasteiger partial charge in [0.25, 0.3) is 0 Å². The Hall–Kier alpha value is -2.32. The summed E-state index contributed by atoms with van der Waals surface area (Å²) in [7, 11) is 0. The molecule has 0 radical (unpaired) electrons. The zero-order valence-electron chi connectivity index (χ0n) is 12.0. The molecule has 0 aliphatic heterocycles. The molecular formula is C15H15ClN4O. The fourth-order valence-corrected chi connectivity index (χ4v) is 2.22. The van der Waals surface area contributed by atoms with Crippen LogP contribution in [0.15, 0.2) is 24.4 Å². The Bertz CT molecular complexity index is 728. The summed E-state index contributed by atoms with van der Waals surface area (Å²) in [6.45, 7) is 5.54. The van der Waals surface area contributed by atoms with E-state index < -0.39 is 0 Å². The monoisotopic (exact) mass is 302 g/mol. The number of nitrogens with zero attached hydrogens (tertiary/aromatic N) is 3. The van der Waals surface area contributed by atoms with E-state index in [4.69, 9.17) is 16.9 Å². The van der Waals surface area contributed by atoms with Crippen LogP contribution >= 0.6 is 11.6 Å². The van der Waals surface area contributed by atoms with Crippen molar-refractivity contribution in [2.45, 2.75) is 26.7 Å². The van der Waals surface area contributed by atoms with Crippen molar-refractivity contribution in [1.29, 1.82) is 5.26 Å². The van der Waals surface area contributed by atoms with Gasteiger partial charge in [-0.15, -0.1) is 0 Å². The molecule has 1 aromatic heterocycles. The quantitative estimate of drug-likeness (QED) is 0.943. The summed E-state index contributed by atoms with van der Waals surface area (Å²) in [5.74, 6) is 0.408. The molecule has 1 N–H and O–H groups in total. The maximum absolute atomic E-state index is 11.3. The minimum absolute atomic E-state index is 0.275. The first kappa shape index (κ1) is 15.1. The molecule has 1 aromatic carbocycles. The Labute approximate surface area is 128 Å². The van der Waals surface area contributed by atoms with Gasteiger partial charge in [-0.3, -0.25) is 4.79 Å². The zero-order chi connectivity index (χ0) is 15.6. The number of rotatable bonds is 3. The summed E-state index contributed by atoms with van der Waals surface area (Å²) in [6.07, 6.45) is 1.40. The second kappa shape index (κ2) is 5.98. The minimum Gasteiger partial charge on any atom is -0.310 e. The lowest BCUT2D eigenvalue weighted by molar-refractivity contribution is -0.114. The predicted octanol–water partition coefficient (Wildman–Crippen LogP) is 3.48. The maximum Gasteiger partial charge on any atom is 0.222 e. The van der Waals surface area contributed by atoms with Crippen molar-refractivity contribution in [2.75, 3.05) is 5.32 Å². The van der Waals surface area contributed by atoms with E-state index in [1.54, 1.807) is 0 Å². The molecule has 0 aliphatic rings. The highest BCUT2D eigenvalue weighted by Crippen LogP contribution is 2.28. The Morgan fingerprint density at radius 2 is 2.19 bits per heavy atom. The third-order valence-electron chi connectivity index (χ3n) is 3.05. The number of aromatic nitrogens is 2. The first-order valence-corrected chi connectivity index (χ1v) is 6.87. The number of carbonyl (C=O) groups excluding carboxylic acids is 1. The molecule has 0 bridgehead atoms. The molecule has 2 rings (SSSR count). The molecule has 0 saturated carbocycles. The highest BCUT2D eigenvalue weighted by atomic mass is 35.5. The van der Waals surface area contributed by atoms with Crippen molar-refractivity contribution in [3.05, 3.63) is 40.5 Å². The lowest BCUT2D eigenvalue weighted by Crippen LogP contribution is -2.12. The summed E-state index contributed by atoms with van der Waals surface area (Å²) in [6, 6.07) is 7.65. The number of nitriles is 1. The number of halogens is 1. The molecule has 2 aromatic rings. The van der Waals surface area contributed by atoms with E-state index in [9.17, 15) is 4.79 Å². The fourth-order valence-electron chi connectivity index (χ4n) is 1.95. The Morgan fingerprint density at radius 3 is 2.71 bits per heavy atom. The lowest BCUT2D eigenvalue weighted by Gasteiger charge is -2.12. The second-order valence-corrected chi connectivity index (χ2v) is 5.38. The smallest absolute Gasteiger partial charge is 0.222 e. The van der Waals surface area contributed by atoms with E-state index in [1.165, 1.54) is 17.8 Å². The van der Waals surface area contributed by atoms with Crippen molar-refractivity contribution in [2.24, 2.45) is 0 Å². The summed E-state index contributed by atoms with van der Waals surface area (Å²) in [4.78, 5) is 11.3. The third-order valence-corrected chi connectivity index (χ3v) is 3.35. The summed E-state index contributed by atoms with van der Waals surface area (Å²) in [5, 5.41) is 16.4. The molecule has 0 fully saturated rings. The molecule has 6 heteroatoms. The first-order valence-electron chi connectivity index (χ1n) is 6.49. The van der Waals surface area contributed by atoms with Gasteiger partial charge in [-0.05, 0) is 23.6 Å². The normalized spacial score (nSPS) is 10.5. The van der Waals surface area contributed by atoms with Gasteiger partial charge in [-0.25, -0.2) is 4.68 Å². The Balaban J connectivity index is 2.55. The van der Waals surface area contributed by atoms with Crippen molar-refractivity contribution in [3.8, 4) is 11.8 Å². The van der Waals surface area contributed by atoms with Crippen LogP contribution in [0.5, 0.6) is 0 Å². The van der Waals surface area contributed by atoms with Gasteiger partial charge in [-0.1, -0.05) is 31.5 Å². The van der Waals surface area contributed by atoms with Gasteiger partial charge in [0.1, 0.15) is 11.6 Å². The van der Waals surface area contributed by atoms with Gasteiger partial charge in [0.15, 0.2) is 5.82 Å². The second-order valence-electron chi connectivity index (χ2n) is 4.98. The van der Waals surface area contributed by atoms with Crippen LogP contribution in [0.2, 0.25) is 5.02 Å². The summed E-state index contributed by atoms with van der Waals surface area (Å²) >= 11 is 6.31. The van der Waals surface area contributed by atoms with Crippen LogP contribution in [0.3, 0.4) is 0 Å². The predicted molar refractivity (Wildman–Crippen MR) is 81.7 cm³/mol. The van der Waals surface area contributed by atoms with E-state index in [-0.39, 0.29) is 11.5 Å². The topological polar surface area (TPSA) is 70.7 Å². The molecule has 1 amide bonds. The molecule has 21 heavy (non-hydrogen) atoms. The molecule has 5 nitrogen and oxygen atoms in total. The lowest BCUT2D eigenvalue weighted by atomic mass is 10.0. The van der Waals surface area contributed by atoms with Gasteiger partial charge < -0.3 is 5.32 Å². The maximum atomic E-state index is 11.3. The van der Waals surface area contributed by atoms with E-state index >= 15 is 0 Å². The van der Waals surface area contributed by atoms with Gasteiger partial charge in [0.2, 0.25) is 5.91 Å². The van der Waals surface area contributed by atoms with Crippen LogP contribution in [-0.2, 0) is 4.79 Å². The minimum atomic E-state index is -0.275. The Kier molecular flexibility index (Phi) is 4.29. The van der Waals surface area contributed by atoms with Crippen molar-refractivity contribution in [3.63, 3.8) is 0 Å². The van der Waals surface area contributed by atoms with Crippen LogP contribution in [0.1, 0.15) is 37.8 Å². The highest BCUT2D eigenvalue weighted by molar-refractivity contribution is 6.32. The van der Waals surface area contributed by atoms with Gasteiger partial charge in [0, 0.05) is 6.92 Å². The van der Waals surface area contributed by atoms with Crippen molar-refractivity contribution >= 4 is 23.3 Å². The molecule has 0 atom stereocenters.